The summed E-state index contributed by atoms with van der Waals surface area (Å²) < 4.78 is 1.62. The van der Waals surface area contributed by atoms with Crippen molar-refractivity contribution >= 4 is 29.4 Å². The predicted octanol–water partition coefficient (Wildman–Crippen LogP) is 1.50. The maximum atomic E-state index is 13.0. The molecule has 142 valence electrons. The molecule has 1 saturated heterocycles. The molecule has 1 aliphatic heterocycles. The van der Waals surface area contributed by atoms with E-state index in [2.05, 4.69) is 10.3 Å². The number of imidazole rings is 1. The molecule has 3 amide bonds. The maximum absolute atomic E-state index is 13.0. The molecule has 1 N–H and O–H groups in total. The highest BCUT2D eigenvalue weighted by molar-refractivity contribution is 6.06. The monoisotopic (exact) mass is 377 g/mol. The van der Waals surface area contributed by atoms with Crippen LogP contribution in [0.2, 0.25) is 0 Å². The lowest BCUT2D eigenvalue weighted by atomic mass is 10.2. The third-order valence-electron chi connectivity index (χ3n) is 4.74. The molecule has 8 nitrogen and oxygen atoms in total. The van der Waals surface area contributed by atoms with Crippen LogP contribution in [0.1, 0.15) is 21.1 Å². The van der Waals surface area contributed by atoms with Crippen LogP contribution in [0.3, 0.4) is 0 Å². The molecule has 1 aliphatic rings. The van der Waals surface area contributed by atoms with Crippen LogP contribution in [0.25, 0.3) is 5.52 Å². The number of benzene rings is 1. The Morgan fingerprint density at radius 1 is 0.964 bits per heavy atom. The van der Waals surface area contributed by atoms with Crippen LogP contribution < -0.4 is 5.32 Å². The Labute approximate surface area is 161 Å². The molecule has 1 aromatic carbocycles. The molecule has 1 fully saturated rings. The fraction of sp³-hybridized carbons (Fsp3) is 0.200. The molecule has 28 heavy (non-hydrogen) atoms. The molecule has 0 radical (unpaired) electrons. The molecular formula is C20H19N5O3. The van der Waals surface area contributed by atoms with E-state index in [1.807, 2.05) is 18.2 Å². The molecule has 0 spiro atoms. The van der Waals surface area contributed by atoms with E-state index in [9.17, 15) is 14.4 Å². The summed E-state index contributed by atoms with van der Waals surface area (Å²) in [6.07, 6.45) is 2.50. The van der Waals surface area contributed by atoms with Crippen molar-refractivity contribution in [3.8, 4) is 0 Å². The first-order valence-electron chi connectivity index (χ1n) is 8.99. The Kier molecular flexibility index (Phi) is 4.76. The van der Waals surface area contributed by atoms with Crippen molar-refractivity contribution in [1.29, 1.82) is 0 Å². The molecule has 8 heteroatoms. The summed E-state index contributed by atoms with van der Waals surface area (Å²) in [6.45, 7) is 1.86. The lowest BCUT2D eigenvalue weighted by Crippen LogP contribution is -2.48. The van der Waals surface area contributed by atoms with Crippen LogP contribution in [0.15, 0.2) is 54.7 Å². The smallest absolute Gasteiger partial charge is 0.292 e. The van der Waals surface area contributed by atoms with Crippen molar-refractivity contribution in [2.45, 2.75) is 0 Å². The van der Waals surface area contributed by atoms with E-state index in [0.29, 0.717) is 37.4 Å². The van der Waals surface area contributed by atoms with Gasteiger partial charge in [-0.05, 0) is 24.3 Å². The number of fused-ring (bicyclic) bond motifs is 1. The number of carbonyl (C=O) groups excluding carboxylic acids is 3. The van der Waals surface area contributed by atoms with Gasteiger partial charge in [0.25, 0.3) is 11.8 Å². The zero-order valence-corrected chi connectivity index (χ0v) is 15.1. The second-order valence-electron chi connectivity index (χ2n) is 6.49. The van der Waals surface area contributed by atoms with Crippen molar-refractivity contribution in [2.75, 3.05) is 31.5 Å². The third-order valence-corrected chi connectivity index (χ3v) is 4.74. The number of hydrogen-bond acceptors (Lipinski definition) is 4. The Morgan fingerprint density at radius 2 is 1.68 bits per heavy atom. The lowest BCUT2D eigenvalue weighted by molar-refractivity contribution is -0.119. The topological polar surface area (TPSA) is 87.0 Å². The second-order valence-corrected chi connectivity index (χ2v) is 6.49. The van der Waals surface area contributed by atoms with Crippen LogP contribution >= 0.6 is 0 Å². The summed E-state index contributed by atoms with van der Waals surface area (Å²) in [6, 6.07) is 14.4. The minimum absolute atomic E-state index is 0.148. The van der Waals surface area contributed by atoms with Crippen molar-refractivity contribution in [3.63, 3.8) is 0 Å². The van der Waals surface area contributed by atoms with E-state index in [4.69, 9.17) is 0 Å². The van der Waals surface area contributed by atoms with E-state index < -0.39 is 5.91 Å². The third kappa shape index (κ3) is 3.32. The Morgan fingerprint density at radius 3 is 2.39 bits per heavy atom. The number of rotatable bonds is 4. The molecular weight excluding hydrogens is 358 g/mol. The Balaban J connectivity index is 1.64. The average Bonchev–Trinajstić information content (AvgIpc) is 3.14. The van der Waals surface area contributed by atoms with Gasteiger partial charge in [0.15, 0.2) is 5.69 Å². The molecule has 0 aliphatic carbocycles. The summed E-state index contributed by atoms with van der Waals surface area (Å²) in [7, 11) is 0. The zero-order chi connectivity index (χ0) is 19.5. The van der Waals surface area contributed by atoms with Gasteiger partial charge in [-0.2, -0.15) is 0 Å². The normalized spacial score (nSPS) is 14.1. The molecule has 0 unspecified atom stereocenters. The summed E-state index contributed by atoms with van der Waals surface area (Å²) >= 11 is 0. The van der Waals surface area contributed by atoms with Gasteiger partial charge in [-0.25, -0.2) is 4.98 Å². The van der Waals surface area contributed by atoms with Gasteiger partial charge in [-0.1, -0.05) is 24.3 Å². The highest BCUT2D eigenvalue weighted by Gasteiger charge is 2.27. The van der Waals surface area contributed by atoms with Crippen LogP contribution in [0, 0.1) is 0 Å². The van der Waals surface area contributed by atoms with Gasteiger partial charge in [-0.15, -0.1) is 0 Å². The number of para-hydroxylation sites is 1. The standard InChI is InChI=1S/C20H19N5O3/c26-14-23-10-12-24(13-11-23)20(28)17-16-8-4-5-9-25(16)18(22-17)19(27)21-15-6-2-1-3-7-15/h1-9,14H,10-13H2,(H,21,27). The summed E-state index contributed by atoms with van der Waals surface area (Å²) in [5, 5.41) is 2.80. The van der Waals surface area contributed by atoms with Crippen LogP contribution in [0.4, 0.5) is 5.69 Å². The number of pyridine rings is 1. The number of piperazine rings is 1. The first-order valence-corrected chi connectivity index (χ1v) is 8.99. The number of aromatic nitrogens is 2. The highest BCUT2D eigenvalue weighted by Crippen LogP contribution is 2.18. The highest BCUT2D eigenvalue weighted by atomic mass is 16.2. The fourth-order valence-electron chi connectivity index (χ4n) is 3.24. The van der Waals surface area contributed by atoms with Gasteiger partial charge in [0, 0.05) is 38.1 Å². The Bertz CT molecular complexity index is 1020. The van der Waals surface area contributed by atoms with Gasteiger partial charge in [-0.3, -0.25) is 18.8 Å². The van der Waals surface area contributed by atoms with E-state index in [1.54, 1.807) is 50.7 Å². The number of carbonyl (C=O) groups is 3. The number of anilines is 1. The maximum Gasteiger partial charge on any atom is 0.292 e. The minimum atomic E-state index is -0.391. The fourth-order valence-corrected chi connectivity index (χ4v) is 3.24. The van der Waals surface area contributed by atoms with Gasteiger partial charge in [0.05, 0.1) is 5.52 Å². The first-order chi connectivity index (χ1) is 13.7. The first kappa shape index (κ1) is 17.7. The predicted molar refractivity (Wildman–Crippen MR) is 103 cm³/mol. The van der Waals surface area contributed by atoms with Crippen molar-refractivity contribution in [3.05, 3.63) is 66.2 Å². The Hall–Kier alpha value is -3.68. The molecule has 2 aromatic heterocycles. The van der Waals surface area contributed by atoms with Crippen molar-refractivity contribution in [2.24, 2.45) is 0 Å². The molecule has 4 rings (SSSR count). The second kappa shape index (κ2) is 7.51. The van der Waals surface area contributed by atoms with Gasteiger partial charge in [0.1, 0.15) is 0 Å². The lowest BCUT2D eigenvalue weighted by Gasteiger charge is -2.32. The summed E-state index contributed by atoms with van der Waals surface area (Å²) in [5.74, 6) is -0.487. The van der Waals surface area contributed by atoms with Crippen LogP contribution in [-0.4, -0.2) is 63.6 Å². The molecule has 0 bridgehead atoms. The molecule has 3 aromatic rings. The van der Waals surface area contributed by atoms with Crippen molar-refractivity contribution in [1.82, 2.24) is 19.2 Å². The van der Waals surface area contributed by atoms with Crippen molar-refractivity contribution < 1.29 is 14.4 Å². The minimum Gasteiger partial charge on any atom is -0.342 e. The number of amides is 3. The number of nitrogens with one attached hydrogen (secondary N) is 1. The average molecular weight is 377 g/mol. The van der Waals surface area contributed by atoms with E-state index in [1.165, 1.54) is 0 Å². The number of hydrogen-bond donors (Lipinski definition) is 1. The van der Waals surface area contributed by atoms with E-state index in [-0.39, 0.29) is 17.4 Å². The SMILES string of the molecule is O=CN1CCN(C(=O)c2nc(C(=O)Nc3ccccc3)n3ccccc23)CC1. The van der Waals surface area contributed by atoms with E-state index >= 15 is 0 Å². The summed E-state index contributed by atoms with van der Waals surface area (Å²) in [5.41, 5.74) is 1.46. The number of nitrogens with zero attached hydrogens (tertiary/aromatic N) is 4. The van der Waals surface area contributed by atoms with Gasteiger partial charge in [0.2, 0.25) is 12.2 Å². The zero-order valence-electron chi connectivity index (χ0n) is 15.1. The van der Waals surface area contributed by atoms with Gasteiger partial charge >= 0.3 is 0 Å². The van der Waals surface area contributed by atoms with E-state index in [0.717, 1.165) is 6.41 Å². The van der Waals surface area contributed by atoms with Crippen LogP contribution in [0.5, 0.6) is 0 Å². The van der Waals surface area contributed by atoms with Gasteiger partial charge < -0.3 is 15.1 Å². The quantitative estimate of drug-likeness (QED) is 0.698. The molecule has 3 heterocycles. The molecule has 0 saturated carbocycles. The van der Waals surface area contributed by atoms with Crippen LogP contribution in [-0.2, 0) is 4.79 Å². The largest absolute Gasteiger partial charge is 0.342 e. The molecule has 0 atom stereocenters. The summed E-state index contributed by atoms with van der Waals surface area (Å²) in [4.78, 5) is 44.3.